The molecule has 0 saturated heterocycles. The van der Waals surface area contributed by atoms with Crippen LogP contribution in [0.4, 0.5) is 0 Å². The highest BCUT2D eigenvalue weighted by molar-refractivity contribution is 7.13. The van der Waals surface area contributed by atoms with Gasteiger partial charge in [0.1, 0.15) is 10.7 Å². The molecule has 1 aromatic heterocycles. The van der Waals surface area contributed by atoms with E-state index < -0.39 is 0 Å². The molecule has 2 aromatic rings. The molecule has 1 aliphatic carbocycles. The van der Waals surface area contributed by atoms with Gasteiger partial charge in [0.05, 0.1) is 6.61 Å². The van der Waals surface area contributed by atoms with Gasteiger partial charge in [-0.25, -0.2) is 4.98 Å². The van der Waals surface area contributed by atoms with Crippen molar-refractivity contribution >= 4 is 17.2 Å². The van der Waals surface area contributed by atoms with Crippen molar-refractivity contribution in [3.63, 3.8) is 0 Å². The zero-order valence-corrected chi connectivity index (χ0v) is 12.8. The number of benzene rings is 1. The van der Waals surface area contributed by atoms with Gasteiger partial charge in [-0.3, -0.25) is 4.79 Å². The van der Waals surface area contributed by atoms with E-state index in [1.54, 1.807) is 4.90 Å². The highest BCUT2D eigenvalue weighted by Crippen LogP contribution is 2.29. The molecule has 0 unspecified atom stereocenters. The molecule has 5 heteroatoms. The van der Waals surface area contributed by atoms with Crippen molar-refractivity contribution in [1.82, 2.24) is 9.88 Å². The van der Waals surface area contributed by atoms with Crippen LogP contribution in [0.5, 0.6) is 0 Å². The number of thiazole rings is 1. The maximum Gasteiger partial charge on any atom is 0.273 e. The maximum atomic E-state index is 12.5. The normalized spacial score (nSPS) is 14.2. The third-order valence-electron chi connectivity index (χ3n) is 3.61. The molecule has 1 amide bonds. The molecule has 1 heterocycles. The van der Waals surface area contributed by atoms with Gasteiger partial charge in [-0.05, 0) is 19.8 Å². The number of aromatic nitrogens is 1. The minimum absolute atomic E-state index is 0.00278. The minimum atomic E-state index is -0.0684. The molecule has 0 bridgehead atoms. The highest BCUT2D eigenvalue weighted by atomic mass is 32.1. The first-order valence-electron chi connectivity index (χ1n) is 7.13. The number of carbonyl (C=O) groups excluding carboxylic acids is 1. The largest absolute Gasteiger partial charge is 0.395 e. The van der Waals surface area contributed by atoms with Crippen LogP contribution in [0, 0.1) is 6.92 Å². The van der Waals surface area contributed by atoms with Crippen LogP contribution >= 0.6 is 11.3 Å². The van der Waals surface area contributed by atoms with Crippen molar-refractivity contribution in [2.75, 3.05) is 13.2 Å². The van der Waals surface area contributed by atoms with Gasteiger partial charge < -0.3 is 10.0 Å². The number of hydrogen-bond acceptors (Lipinski definition) is 4. The molecule has 1 aromatic carbocycles. The maximum absolute atomic E-state index is 12.5. The summed E-state index contributed by atoms with van der Waals surface area (Å²) in [6, 6.07) is 8.42. The molecule has 0 spiro atoms. The van der Waals surface area contributed by atoms with Gasteiger partial charge in [0, 0.05) is 23.5 Å². The zero-order valence-electron chi connectivity index (χ0n) is 12.0. The summed E-state index contributed by atoms with van der Waals surface area (Å²) in [5.41, 5.74) is 2.72. The number of carbonyl (C=O) groups is 1. The lowest BCUT2D eigenvalue weighted by atomic mass is 10.2. The lowest BCUT2D eigenvalue weighted by Gasteiger charge is -2.19. The summed E-state index contributed by atoms with van der Waals surface area (Å²) in [6.07, 6.45) is 2.06. The summed E-state index contributed by atoms with van der Waals surface area (Å²) in [5, 5.41) is 11.8. The lowest BCUT2D eigenvalue weighted by Crippen LogP contribution is -2.35. The number of aliphatic hydroxyl groups excluding tert-OH is 1. The fourth-order valence-electron chi connectivity index (χ4n) is 2.29. The van der Waals surface area contributed by atoms with Crippen molar-refractivity contribution in [2.45, 2.75) is 25.8 Å². The van der Waals surface area contributed by atoms with E-state index in [9.17, 15) is 4.79 Å². The van der Waals surface area contributed by atoms with Crippen molar-refractivity contribution in [3.8, 4) is 10.6 Å². The van der Waals surface area contributed by atoms with Crippen LogP contribution < -0.4 is 0 Å². The predicted molar refractivity (Wildman–Crippen MR) is 83.4 cm³/mol. The molecule has 0 aliphatic heterocycles. The van der Waals surface area contributed by atoms with E-state index in [4.69, 9.17) is 5.11 Å². The highest BCUT2D eigenvalue weighted by Gasteiger charge is 2.33. The van der Waals surface area contributed by atoms with Crippen LogP contribution in [0.15, 0.2) is 29.6 Å². The number of aryl methyl sites for hydroxylation is 1. The standard InChI is InChI=1S/C16H18N2O2S/c1-11-2-4-12(5-3-11)15-17-14(10-21-15)16(20)18(8-9-19)13-6-7-13/h2-5,10,13,19H,6-9H2,1H3. The molecular weight excluding hydrogens is 284 g/mol. The van der Waals surface area contributed by atoms with Gasteiger partial charge in [-0.2, -0.15) is 0 Å². The van der Waals surface area contributed by atoms with Gasteiger partial charge in [0.15, 0.2) is 0 Å². The van der Waals surface area contributed by atoms with Crippen LogP contribution in [0.25, 0.3) is 10.6 Å². The fourth-order valence-corrected chi connectivity index (χ4v) is 3.09. The Balaban J connectivity index is 1.80. The Hall–Kier alpha value is -1.72. The van der Waals surface area contributed by atoms with E-state index >= 15 is 0 Å². The zero-order chi connectivity index (χ0) is 14.8. The first-order valence-corrected chi connectivity index (χ1v) is 8.01. The third kappa shape index (κ3) is 3.14. The molecule has 1 saturated carbocycles. The van der Waals surface area contributed by atoms with E-state index in [0.29, 0.717) is 12.2 Å². The summed E-state index contributed by atoms with van der Waals surface area (Å²) in [6.45, 7) is 2.43. The quantitative estimate of drug-likeness (QED) is 0.924. The number of amides is 1. The molecule has 1 N–H and O–H groups in total. The molecule has 4 nitrogen and oxygen atoms in total. The Morgan fingerprint density at radius 2 is 2.10 bits per heavy atom. The smallest absolute Gasteiger partial charge is 0.273 e. The average Bonchev–Trinajstić information content (AvgIpc) is 3.21. The van der Waals surface area contributed by atoms with Crippen molar-refractivity contribution in [2.24, 2.45) is 0 Å². The molecule has 0 atom stereocenters. The summed E-state index contributed by atoms with van der Waals surface area (Å²) in [5.74, 6) is -0.0684. The second kappa shape index (κ2) is 5.95. The third-order valence-corrected chi connectivity index (χ3v) is 4.50. The van der Waals surface area contributed by atoms with E-state index in [1.807, 2.05) is 36.6 Å². The predicted octanol–water partition coefficient (Wildman–Crippen LogP) is 2.72. The van der Waals surface area contributed by atoms with Gasteiger partial charge in [0.2, 0.25) is 0 Å². The molecule has 1 aliphatic rings. The summed E-state index contributed by atoms with van der Waals surface area (Å²) >= 11 is 1.48. The van der Waals surface area contributed by atoms with Crippen LogP contribution in [0.1, 0.15) is 28.9 Å². The first-order chi connectivity index (χ1) is 10.2. The van der Waals surface area contributed by atoms with Crippen LogP contribution in [0.3, 0.4) is 0 Å². The minimum Gasteiger partial charge on any atom is -0.395 e. The molecule has 21 heavy (non-hydrogen) atoms. The van der Waals surface area contributed by atoms with Crippen molar-refractivity contribution < 1.29 is 9.90 Å². The van der Waals surface area contributed by atoms with Gasteiger partial charge in [-0.1, -0.05) is 29.8 Å². The summed E-state index contributed by atoms with van der Waals surface area (Å²) in [7, 11) is 0. The Kier molecular flexibility index (Phi) is 4.03. The Bertz CT molecular complexity index is 632. The van der Waals surface area contributed by atoms with Crippen molar-refractivity contribution in [3.05, 3.63) is 40.9 Å². The van der Waals surface area contributed by atoms with Gasteiger partial charge >= 0.3 is 0 Å². The topological polar surface area (TPSA) is 53.4 Å². The second-order valence-electron chi connectivity index (χ2n) is 5.36. The molecule has 3 rings (SSSR count). The Labute approximate surface area is 128 Å². The number of rotatable bonds is 5. The Morgan fingerprint density at radius 3 is 2.71 bits per heavy atom. The van der Waals surface area contributed by atoms with E-state index in [-0.39, 0.29) is 18.6 Å². The van der Waals surface area contributed by atoms with E-state index in [0.717, 1.165) is 23.4 Å². The number of aliphatic hydroxyl groups is 1. The van der Waals surface area contributed by atoms with Gasteiger partial charge in [0.25, 0.3) is 5.91 Å². The first kappa shape index (κ1) is 14.2. The SMILES string of the molecule is Cc1ccc(-c2nc(C(=O)N(CCO)C3CC3)cs2)cc1. The summed E-state index contributed by atoms with van der Waals surface area (Å²) < 4.78 is 0. The fraction of sp³-hybridized carbons (Fsp3) is 0.375. The van der Waals surface area contributed by atoms with E-state index in [2.05, 4.69) is 4.98 Å². The van der Waals surface area contributed by atoms with E-state index in [1.165, 1.54) is 16.9 Å². The van der Waals surface area contributed by atoms with Gasteiger partial charge in [-0.15, -0.1) is 11.3 Å². The molecule has 110 valence electrons. The molecule has 0 radical (unpaired) electrons. The van der Waals surface area contributed by atoms with Crippen molar-refractivity contribution in [1.29, 1.82) is 0 Å². The summed E-state index contributed by atoms with van der Waals surface area (Å²) in [4.78, 5) is 18.7. The number of hydrogen-bond donors (Lipinski definition) is 1. The van der Waals surface area contributed by atoms with Crippen LogP contribution in [-0.2, 0) is 0 Å². The monoisotopic (exact) mass is 302 g/mol. The molecule has 1 fully saturated rings. The van der Waals surface area contributed by atoms with Crippen LogP contribution in [-0.4, -0.2) is 40.1 Å². The number of nitrogens with zero attached hydrogens (tertiary/aromatic N) is 2. The second-order valence-corrected chi connectivity index (χ2v) is 6.22. The Morgan fingerprint density at radius 1 is 1.38 bits per heavy atom. The average molecular weight is 302 g/mol. The lowest BCUT2D eigenvalue weighted by molar-refractivity contribution is 0.0702. The van der Waals surface area contributed by atoms with Crippen LogP contribution in [0.2, 0.25) is 0 Å². The molecular formula is C16H18N2O2S.